The van der Waals surface area contributed by atoms with Crippen molar-refractivity contribution in [3.8, 4) is 11.3 Å². The highest BCUT2D eigenvalue weighted by atomic mass is 32.2. The van der Waals surface area contributed by atoms with Crippen molar-refractivity contribution in [3.05, 3.63) is 88.6 Å². The minimum absolute atomic E-state index is 0.105. The summed E-state index contributed by atoms with van der Waals surface area (Å²) in [7, 11) is 0. The van der Waals surface area contributed by atoms with Crippen molar-refractivity contribution < 1.29 is 4.79 Å². The number of nitrogens with one attached hydrogen (secondary N) is 1. The van der Waals surface area contributed by atoms with E-state index in [1.807, 2.05) is 18.2 Å². The van der Waals surface area contributed by atoms with Crippen molar-refractivity contribution in [2.75, 3.05) is 16.2 Å². The number of benzene rings is 2. The molecule has 0 radical (unpaired) electrons. The third-order valence-electron chi connectivity index (χ3n) is 5.62. The summed E-state index contributed by atoms with van der Waals surface area (Å²) in [5.74, 6) is -0.105. The van der Waals surface area contributed by atoms with Gasteiger partial charge in [-0.3, -0.25) is 9.78 Å². The fourth-order valence-corrected chi connectivity index (χ4v) is 5.84. The average Bonchev–Trinajstić information content (AvgIpc) is 3.38. The standard InChI is InChI=1S/C26H24N4OS2/c1-17-7-3-4-9-23(17)33-30-14-12-19-15-20(10-11-22(19)30)25-18(2)32-26(29-25)28-24(31)16-21-8-5-6-13-27-21/h3-11,13,15H,12,14,16H2,1-2H3,(H,28,29,31). The highest BCUT2D eigenvalue weighted by molar-refractivity contribution is 8.00. The van der Waals surface area contributed by atoms with Gasteiger partial charge in [0.05, 0.1) is 17.8 Å². The summed E-state index contributed by atoms with van der Waals surface area (Å²) >= 11 is 3.31. The number of aromatic nitrogens is 2. The maximum Gasteiger partial charge on any atom is 0.232 e. The number of anilines is 2. The molecule has 3 heterocycles. The average molecular weight is 473 g/mol. The van der Waals surface area contributed by atoms with Gasteiger partial charge < -0.3 is 9.62 Å². The Kier molecular flexibility index (Phi) is 6.15. The number of hydrogen-bond donors (Lipinski definition) is 1. The molecule has 2 aromatic heterocycles. The largest absolute Gasteiger partial charge is 0.312 e. The third-order valence-corrected chi connectivity index (χ3v) is 7.76. The van der Waals surface area contributed by atoms with Gasteiger partial charge in [0.15, 0.2) is 5.13 Å². The van der Waals surface area contributed by atoms with Crippen LogP contribution >= 0.6 is 23.3 Å². The van der Waals surface area contributed by atoms with E-state index in [1.165, 1.54) is 33.0 Å². The number of hydrogen-bond acceptors (Lipinski definition) is 6. The van der Waals surface area contributed by atoms with E-state index in [0.717, 1.165) is 34.8 Å². The molecule has 0 atom stereocenters. The summed E-state index contributed by atoms with van der Waals surface area (Å²) in [6.45, 7) is 5.19. The molecule has 33 heavy (non-hydrogen) atoms. The van der Waals surface area contributed by atoms with Crippen LogP contribution in [0.2, 0.25) is 0 Å². The molecule has 0 unspecified atom stereocenters. The van der Waals surface area contributed by atoms with Gasteiger partial charge in [0.1, 0.15) is 0 Å². The van der Waals surface area contributed by atoms with Gasteiger partial charge in [-0.15, -0.1) is 11.3 Å². The van der Waals surface area contributed by atoms with Crippen LogP contribution in [0.5, 0.6) is 0 Å². The van der Waals surface area contributed by atoms with E-state index in [0.29, 0.717) is 5.13 Å². The van der Waals surface area contributed by atoms with Gasteiger partial charge in [0, 0.05) is 33.8 Å². The van der Waals surface area contributed by atoms with Gasteiger partial charge in [-0.1, -0.05) is 30.3 Å². The molecule has 7 heteroatoms. The van der Waals surface area contributed by atoms with E-state index in [9.17, 15) is 4.79 Å². The van der Waals surface area contributed by atoms with Crippen LogP contribution in [0.15, 0.2) is 71.8 Å². The van der Waals surface area contributed by atoms with Gasteiger partial charge in [0.25, 0.3) is 0 Å². The molecule has 166 valence electrons. The SMILES string of the molecule is Cc1ccccc1SN1CCc2cc(-c3nc(NC(=O)Cc4ccccn4)sc3C)ccc21. The van der Waals surface area contributed by atoms with Crippen molar-refractivity contribution in [2.45, 2.75) is 31.6 Å². The lowest BCUT2D eigenvalue weighted by Gasteiger charge is -2.19. The Morgan fingerprint density at radius 3 is 2.79 bits per heavy atom. The molecule has 1 amide bonds. The zero-order valence-electron chi connectivity index (χ0n) is 18.5. The highest BCUT2D eigenvalue weighted by Gasteiger charge is 2.22. The molecule has 1 N–H and O–H groups in total. The summed E-state index contributed by atoms with van der Waals surface area (Å²) in [5.41, 5.74) is 6.67. The Hall–Kier alpha value is -3.16. The number of fused-ring (bicyclic) bond motifs is 1. The Bertz CT molecular complexity index is 1300. The summed E-state index contributed by atoms with van der Waals surface area (Å²) in [6, 6.07) is 20.7. The number of carbonyl (C=O) groups excluding carboxylic acids is 1. The normalized spacial score (nSPS) is 12.6. The molecule has 1 aliphatic heterocycles. The predicted octanol–water partition coefficient (Wildman–Crippen LogP) is 6.07. The van der Waals surface area contributed by atoms with Gasteiger partial charge in [-0.05, 0) is 73.7 Å². The second-order valence-corrected chi connectivity index (χ2v) is 10.3. The fourth-order valence-electron chi connectivity index (χ4n) is 3.94. The van der Waals surface area contributed by atoms with E-state index < -0.39 is 0 Å². The Morgan fingerprint density at radius 1 is 1.12 bits per heavy atom. The second kappa shape index (κ2) is 9.37. The molecule has 0 spiro atoms. The van der Waals surface area contributed by atoms with Crippen LogP contribution in [0.3, 0.4) is 0 Å². The molecular weight excluding hydrogens is 448 g/mol. The molecule has 0 saturated heterocycles. The third kappa shape index (κ3) is 4.79. The van der Waals surface area contributed by atoms with Crippen LogP contribution in [0, 0.1) is 13.8 Å². The van der Waals surface area contributed by atoms with Gasteiger partial charge in [0.2, 0.25) is 5.91 Å². The van der Waals surface area contributed by atoms with Crippen LogP contribution in [0.4, 0.5) is 10.8 Å². The number of pyridine rings is 1. The van der Waals surface area contributed by atoms with Crippen molar-refractivity contribution in [1.82, 2.24) is 9.97 Å². The van der Waals surface area contributed by atoms with Crippen molar-refractivity contribution in [2.24, 2.45) is 0 Å². The Balaban J connectivity index is 1.31. The first-order chi connectivity index (χ1) is 16.1. The lowest BCUT2D eigenvalue weighted by molar-refractivity contribution is -0.115. The molecular formula is C26H24N4OS2. The zero-order valence-corrected chi connectivity index (χ0v) is 20.2. The molecule has 4 aromatic rings. The van der Waals surface area contributed by atoms with Gasteiger partial charge in [-0.25, -0.2) is 4.98 Å². The molecule has 0 saturated carbocycles. The first-order valence-electron chi connectivity index (χ1n) is 10.9. The van der Waals surface area contributed by atoms with Gasteiger partial charge >= 0.3 is 0 Å². The smallest absolute Gasteiger partial charge is 0.232 e. The van der Waals surface area contributed by atoms with E-state index in [2.05, 4.69) is 70.9 Å². The zero-order chi connectivity index (χ0) is 22.8. The minimum Gasteiger partial charge on any atom is -0.312 e. The molecule has 1 aliphatic rings. The van der Waals surface area contributed by atoms with Crippen LogP contribution in [0.25, 0.3) is 11.3 Å². The number of amides is 1. The summed E-state index contributed by atoms with van der Waals surface area (Å²) < 4.78 is 2.37. The Labute approximate surface area is 202 Å². The summed E-state index contributed by atoms with van der Waals surface area (Å²) in [4.78, 5) is 23.7. The van der Waals surface area contributed by atoms with Crippen molar-refractivity contribution in [3.63, 3.8) is 0 Å². The van der Waals surface area contributed by atoms with Crippen LogP contribution in [-0.4, -0.2) is 22.4 Å². The van der Waals surface area contributed by atoms with E-state index in [4.69, 9.17) is 4.98 Å². The van der Waals surface area contributed by atoms with E-state index in [-0.39, 0.29) is 12.3 Å². The van der Waals surface area contributed by atoms with Crippen LogP contribution < -0.4 is 9.62 Å². The summed E-state index contributed by atoms with van der Waals surface area (Å²) in [6.07, 6.45) is 2.95. The number of thiazole rings is 1. The quantitative estimate of drug-likeness (QED) is 0.345. The Morgan fingerprint density at radius 2 is 1.97 bits per heavy atom. The number of aryl methyl sites for hydroxylation is 2. The first kappa shape index (κ1) is 21.7. The number of nitrogens with zero attached hydrogens (tertiary/aromatic N) is 3. The molecule has 0 fully saturated rings. The molecule has 5 nitrogen and oxygen atoms in total. The maximum atomic E-state index is 12.4. The van der Waals surface area contributed by atoms with Gasteiger partial charge in [-0.2, -0.15) is 0 Å². The number of carbonyl (C=O) groups is 1. The minimum atomic E-state index is -0.105. The first-order valence-corrected chi connectivity index (χ1v) is 12.5. The lowest BCUT2D eigenvalue weighted by atomic mass is 10.1. The maximum absolute atomic E-state index is 12.4. The molecule has 5 rings (SSSR count). The van der Waals surface area contributed by atoms with Crippen LogP contribution in [0.1, 0.15) is 21.7 Å². The fraction of sp³-hybridized carbons (Fsp3) is 0.192. The highest BCUT2D eigenvalue weighted by Crippen LogP contribution is 2.40. The topological polar surface area (TPSA) is 58.1 Å². The van der Waals surface area contributed by atoms with Crippen molar-refractivity contribution >= 4 is 40.0 Å². The number of rotatable bonds is 6. The predicted molar refractivity (Wildman–Crippen MR) is 137 cm³/mol. The van der Waals surface area contributed by atoms with Crippen molar-refractivity contribution in [1.29, 1.82) is 0 Å². The summed E-state index contributed by atoms with van der Waals surface area (Å²) in [5, 5.41) is 3.56. The lowest BCUT2D eigenvalue weighted by Crippen LogP contribution is -2.14. The molecule has 0 aliphatic carbocycles. The molecule has 0 bridgehead atoms. The molecule has 2 aromatic carbocycles. The van der Waals surface area contributed by atoms with Crippen LogP contribution in [-0.2, 0) is 17.6 Å². The van der Waals surface area contributed by atoms with E-state index in [1.54, 1.807) is 18.1 Å². The monoisotopic (exact) mass is 472 g/mol. The second-order valence-electron chi connectivity index (χ2n) is 8.02. The van der Waals surface area contributed by atoms with E-state index >= 15 is 0 Å².